The number of nitrogens with zero attached hydrogens (tertiary/aromatic N) is 2. The predicted molar refractivity (Wildman–Crippen MR) is 121 cm³/mol. The van der Waals surface area contributed by atoms with Crippen molar-refractivity contribution in [3.8, 4) is 0 Å². The highest BCUT2D eigenvalue weighted by Gasteiger charge is 2.24. The Morgan fingerprint density at radius 1 is 1.11 bits per heavy atom. The van der Waals surface area contributed by atoms with Crippen LogP contribution in [0, 0.1) is 0 Å². The number of hydrogen-bond acceptors (Lipinski definition) is 3. The lowest BCUT2D eigenvalue weighted by Gasteiger charge is -2.26. The van der Waals surface area contributed by atoms with Crippen LogP contribution in [-0.4, -0.2) is 59.0 Å². The Hall–Kier alpha value is -1.43. The quantitative estimate of drug-likeness (QED) is 0.754. The SMILES string of the molecule is CC(C)N1CCC(Nc2ccc3[nH]c(C(=O)N4CCCCC4)cc3c2)C1.Cl.Cl. The lowest BCUT2D eigenvalue weighted by Crippen LogP contribution is -2.35. The summed E-state index contributed by atoms with van der Waals surface area (Å²) < 4.78 is 0. The van der Waals surface area contributed by atoms with Gasteiger partial charge in [0.2, 0.25) is 0 Å². The third kappa shape index (κ3) is 4.94. The molecular formula is C21H32Cl2N4O. The van der Waals surface area contributed by atoms with Crippen LogP contribution in [0.5, 0.6) is 0 Å². The molecule has 1 unspecified atom stereocenters. The van der Waals surface area contributed by atoms with Gasteiger partial charge in [-0.1, -0.05) is 0 Å². The van der Waals surface area contributed by atoms with E-state index in [1.54, 1.807) is 0 Å². The molecule has 0 bridgehead atoms. The molecule has 156 valence electrons. The molecule has 2 N–H and O–H groups in total. The molecule has 7 heteroatoms. The highest BCUT2D eigenvalue weighted by molar-refractivity contribution is 5.98. The Labute approximate surface area is 180 Å². The number of nitrogens with one attached hydrogen (secondary N) is 2. The van der Waals surface area contributed by atoms with Crippen LogP contribution in [0.1, 0.15) is 50.0 Å². The standard InChI is InChI=1S/C21H30N4O.2ClH/c1-15(2)25-11-8-18(14-25)22-17-6-7-19-16(12-17)13-20(23-19)21(26)24-9-4-3-5-10-24;;/h6-7,12-13,15,18,22-23H,3-5,8-11,14H2,1-2H3;2*1H. The van der Waals surface area contributed by atoms with Crippen LogP contribution in [-0.2, 0) is 0 Å². The Kier molecular flexibility index (Phi) is 8.05. The van der Waals surface area contributed by atoms with Crippen molar-refractivity contribution in [2.45, 2.75) is 51.6 Å². The van der Waals surface area contributed by atoms with Gasteiger partial charge in [0.05, 0.1) is 0 Å². The van der Waals surface area contributed by atoms with E-state index in [-0.39, 0.29) is 30.7 Å². The summed E-state index contributed by atoms with van der Waals surface area (Å²) in [5, 5.41) is 4.77. The predicted octanol–water partition coefficient (Wildman–Crippen LogP) is 4.53. The van der Waals surface area contributed by atoms with Gasteiger partial charge in [0, 0.05) is 54.9 Å². The maximum absolute atomic E-state index is 12.7. The van der Waals surface area contributed by atoms with Gasteiger partial charge in [-0.3, -0.25) is 9.69 Å². The Bertz CT molecular complexity index is 786. The van der Waals surface area contributed by atoms with Crippen LogP contribution in [0.2, 0.25) is 0 Å². The number of aromatic nitrogens is 1. The molecule has 28 heavy (non-hydrogen) atoms. The summed E-state index contributed by atoms with van der Waals surface area (Å²) in [7, 11) is 0. The van der Waals surface area contributed by atoms with Crippen LogP contribution >= 0.6 is 24.8 Å². The summed E-state index contributed by atoms with van der Waals surface area (Å²) in [6.07, 6.45) is 4.66. The topological polar surface area (TPSA) is 51.4 Å². The number of hydrogen-bond donors (Lipinski definition) is 2. The molecule has 1 aromatic heterocycles. The highest BCUT2D eigenvalue weighted by atomic mass is 35.5. The van der Waals surface area contributed by atoms with E-state index >= 15 is 0 Å². The molecule has 0 spiro atoms. The molecule has 0 aliphatic carbocycles. The zero-order chi connectivity index (χ0) is 18.1. The molecule has 1 amide bonds. The largest absolute Gasteiger partial charge is 0.381 e. The van der Waals surface area contributed by atoms with Gasteiger partial charge in [-0.05, 0) is 63.8 Å². The molecule has 2 aromatic rings. The van der Waals surface area contributed by atoms with E-state index in [1.807, 2.05) is 11.0 Å². The molecule has 3 heterocycles. The second kappa shape index (κ2) is 9.86. The van der Waals surface area contributed by atoms with Crippen molar-refractivity contribution < 1.29 is 4.79 Å². The third-order valence-corrected chi connectivity index (χ3v) is 5.82. The highest BCUT2D eigenvalue weighted by Crippen LogP contribution is 2.24. The Morgan fingerprint density at radius 2 is 1.86 bits per heavy atom. The fraction of sp³-hybridized carbons (Fsp3) is 0.571. The van der Waals surface area contributed by atoms with Crippen LogP contribution in [0.3, 0.4) is 0 Å². The normalized spacial score (nSPS) is 20.1. The van der Waals surface area contributed by atoms with E-state index in [1.165, 1.54) is 12.8 Å². The summed E-state index contributed by atoms with van der Waals surface area (Å²) >= 11 is 0. The van der Waals surface area contributed by atoms with E-state index in [0.29, 0.717) is 17.8 Å². The molecule has 0 radical (unpaired) electrons. The summed E-state index contributed by atoms with van der Waals surface area (Å²) in [5.74, 6) is 0.138. The summed E-state index contributed by atoms with van der Waals surface area (Å²) in [4.78, 5) is 20.5. The molecule has 1 aromatic carbocycles. The van der Waals surface area contributed by atoms with E-state index in [0.717, 1.165) is 55.6 Å². The van der Waals surface area contributed by atoms with Crippen molar-refractivity contribution in [1.82, 2.24) is 14.8 Å². The number of rotatable bonds is 4. The average molecular weight is 427 g/mol. The maximum Gasteiger partial charge on any atom is 0.270 e. The fourth-order valence-electron chi connectivity index (χ4n) is 4.21. The third-order valence-electron chi connectivity index (χ3n) is 5.82. The van der Waals surface area contributed by atoms with E-state index in [2.05, 4.69) is 47.2 Å². The minimum Gasteiger partial charge on any atom is -0.381 e. The number of carbonyl (C=O) groups excluding carboxylic acids is 1. The molecule has 4 rings (SSSR count). The number of benzene rings is 1. The second-order valence-corrected chi connectivity index (χ2v) is 8.06. The minimum absolute atomic E-state index is 0. The van der Waals surface area contributed by atoms with Gasteiger partial charge in [-0.2, -0.15) is 0 Å². The second-order valence-electron chi connectivity index (χ2n) is 8.06. The number of halogens is 2. The van der Waals surface area contributed by atoms with Crippen LogP contribution in [0.4, 0.5) is 5.69 Å². The zero-order valence-corrected chi connectivity index (χ0v) is 18.4. The van der Waals surface area contributed by atoms with Gasteiger partial charge < -0.3 is 15.2 Å². The maximum atomic E-state index is 12.7. The summed E-state index contributed by atoms with van der Waals surface area (Å²) in [6.45, 7) is 8.55. The van der Waals surface area contributed by atoms with Crippen LogP contribution in [0.25, 0.3) is 10.9 Å². The first-order chi connectivity index (χ1) is 12.6. The molecule has 2 aliphatic heterocycles. The summed E-state index contributed by atoms with van der Waals surface area (Å²) in [5.41, 5.74) is 2.89. The van der Waals surface area contributed by atoms with Crippen molar-refractivity contribution in [2.24, 2.45) is 0 Å². The van der Waals surface area contributed by atoms with Crippen molar-refractivity contribution in [3.05, 3.63) is 30.0 Å². The molecule has 5 nitrogen and oxygen atoms in total. The van der Waals surface area contributed by atoms with Crippen molar-refractivity contribution in [2.75, 3.05) is 31.5 Å². The molecule has 2 aliphatic rings. The lowest BCUT2D eigenvalue weighted by molar-refractivity contribution is 0.0719. The molecular weight excluding hydrogens is 395 g/mol. The van der Waals surface area contributed by atoms with Gasteiger partial charge in [0.1, 0.15) is 5.69 Å². The lowest BCUT2D eigenvalue weighted by atomic mass is 10.1. The van der Waals surface area contributed by atoms with E-state index < -0.39 is 0 Å². The van der Waals surface area contributed by atoms with E-state index in [9.17, 15) is 4.79 Å². The van der Waals surface area contributed by atoms with Crippen molar-refractivity contribution in [1.29, 1.82) is 0 Å². The number of fused-ring (bicyclic) bond motifs is 1. The van der Waals surface area contributed by atoms with Gasteiger partial charge in [-0.25, -0.2) is 0 Å². The monoisotopic (exact) mass is 426 g/mol. The van der Waals surface area contributed by atoms with Crippen LogP contribution in [0.15, 0.2) is 24.3 Å². The number of aromatic amines is 1. The first kappa shape index (κ1) is 22.9. The molecule has 1 atom stereocenters. The fourth-order valence-corrected chi connectivity index (χ4v) is 4.21. The van der Waals surface area contributed by atoms with Gasteiger partial charge >= 0.3 is 0 Å². The first-order valence-corrected chi connectivity index (χ1v) is 10.0. The van der Waals surface area contributed by atoms with E-state index in [4.69, 9.17) is 0 Å². The first-order valence-electron chi connectivity index (χ1n) is 10.0. The molecule has 2 saturated heterocycles. The average Bonchev–Trinajstić information content (AvgIpc) is 3.28. The van der Waals surface area contributed by atoms with Crippen molar-refractivity contribution >= 4 is 47.3 Å². The number of H-pyrrole nitrogens is 1. The summed E-state index contributed by atoms with van der Waals surface area (Å²) in [6, 6.07) is 9.48. The zero-order valence-electron chi connectivity index (χ0n) is 16.7. The number of likely N-dealkylation sites (tertiary alicyclic amines) is 2. The number of carbonyl (C=O) groups is 1. The Balaban J connectivity index is 0.00000140. The smallest absolute Gasteiger partial charge is 0.270 e. The van der Waals surface area contributed by atoms with Gasteiger partial charge in [0.25, 0.3) is 5.91 Å². The Morgan fingerprint density at radius 3 is 2.54 bits per heavy atom. The minimum atomic E-state index is 0. The number of amides is 1. The number of anilines is 1. The van der Waals surface area contributed by atoms with Gasteiger partial charge in [-0.15, -0.1) is 24.8 Å². The van der Waals surface area contributed by atoms with Crippen LogP contribution < -0.4 is 5.32 Å². The molecule has 2 fully saturated rings. The molecule has 0 saturated carbocycles. The number of piperidine rings is 1. The van der Waals surface area contributed by atoms with Gasteiger partial charge in [0.15, 0.2) is 0 Å². The van der Waals surface area contributed by atoms with Crippen molar-refractivity contribution in [3.63, 3.8) is 0 Å².